The third-order valence-corrected chi connectivity index (χ3v) is 3.49. The van der Waals surface area contributed by atoms with E-state index in [-0.39, 0.29) is 5.82 Å². The van der Waals surface area contributed by atoms with E-state index >= 15 is 0 Å². The molecule has 0 saturated heterocycles. The van der Waals surface area contributed by atoms with E-state index in [2.05, 4.69) is 42.2 Å². The van der Waals surface area contributed by atoms with E-state index in [4.69, 9.17) is 0 Å². The average Bonchev–Trinajstić information content (AvgIpc) is 2.41. The van der Waals surface area contributed by atoms with Crippen molar-refractivity contribution in [3.8, 4) is 0 Å². The van der Waals surface area contributed by atoms with Gasteiger partial charge in [0.1, 0.15) is 23.0 Å². The van der Waals surface area contributed by atoms with Crippen molar-refractivity contribution < 1.29 is 18.4 Å². The molecule has 5 nitrogen and oxygen atoms in total. The summed E-state index contributed by atoms with van der Waals surface area (Å²) in [5.74, 6) is -3.18. The Morgan fingerprint density at radius 3 is 2.36 bits per heavy atom. The van der Waals surface area contributed by atoms with E-state index in [0.717, 1.165) is 18.2 Å². The topological polar surface area (TPSA) is 71.1 Å². The molecule has 9 heteroatoms. The minimum absolute atomic E-state index is 0.141. The highest BCUT2D eigenvalue weighted by Crippen LogP contribution is 2.23. The number of hydrogen-bond donors (Lipinski definition) is 2. The normalized spacial score (nSPS) is 10.2. The highest BCUT2D eigenvalue weighted by Gasteiger charge is 2.19. The van der Waals surface area contributed by atoms with Gasteiger partial charge in [-0.15, -0.1) is 0 Å². The standard InChI is InChI=1S/C13H7Br2F2N3O2/c14-6-4-7(15)11(18-5-6)19-13(22)20-12(21)10-8(16)2-1-3-9(10)17/h1-5H,(H2,18,19,20,21,22). The second-order valence-corrected chi connectivity index (χ2v) is 5.76. The Labute approximate surface area is 140 Å². The number of rotatable bonds is 2. The number of pyridine rings is 1. The van der Waals surface area contributed by atoms with E-state index in [9.17, 15) is 18.4 Å². The molecule has 22 heavy (non-hydrogen) atoms. The van der Waals surface area contributed by atoms with Crippen molar-refractivity contribution in [1.29, 1.82) is 0 Å². The number of anilines is 1. The van der Waals surface area contributed by atoms with Crippen molar-refractivity contribution in [2.45, 2.75) is 0 Å². The number of carbonyl (C=O) groups is 2. The van der Waals surface area contributed by atoms with Crippen LogP contribution in [0, 0.1) is 11.6 Å². The van der Waals surface area contributed by atoms with E-state index in [1.54, 1.807) is 6.07 Å². The Hall–Kier alpha value is -1.87. The first-order valence-electron chi connectivity index (χ1n) is 5.76. The second kappa shape index (κ2) is 6.93. The highest BCUT2D eigenvalue weighted by atomic mass is 79.9. The Balaban J connectivity index is 2.10. The van der Waals surface area contributed by atoms with E-state index in [1.807, 2.05) is 5.32 Å². The molecule has 0 unspecified atom stereocenters. The fourth-order valence-corrected chi connectivity index (χ4v) is 2.61. The van der Waals surface area contributed by atoms with Gasteiger partial charge < -0.3 is 0 Å². The summed E-state index contributed by atoms with van der Waals surface area (Å²) in [6.07, 6.45) is 1.43. The molecule has 0 bridgehead atoms. The van der Waals surface area contributed by atoms with Gasteiger partial charge in [0.15, 0.2) is 0 Å². The van der Waals surface area contributed by atoms with E-state index in [0.29, 0.717) is 8.95 Å². The van der Waals surface area contributed by atoms with Crippen LogP contribution in [0.2, 0.25) is 0 Å². The lowest BCUT2D eigenvalue weighted by Crippen LogP contribution is -2.35. The minimum Gasteiger partial charge on any atom is -0.291 e. The maximum absolute atomic E-state index is 13.4. The van der Waals surface area contributed by atoms with Gasteiger partial charge in [-0.1, -0.05) is 6.07 Å². The lowest BCUT2D eigenvalue weighted by molar-refractivity contribution is 0.0959. The third-order valence-electron chi connectivity index (χ3n) is 2.46. The summed E-state index contributed by atoms with van der Waals surface area (Å²) in [4.78, 5) is 27.3. The SMILES string of the molecule is O=C(NC(=O)c1c(F)cccc1F)Nc1ncc(Br)cc1Br. The van der Waals surface area contributed by atoms with Gasteiger partial charge in [-0.3, -0.25) is 15.4 Å². The average molecular weight is 435 g/mol. The fourth-order valence-electron chi connectivity index (χ4n) is 1.53. The summed E-state index contributed by atoms with van der Waals surface area (Å²) in [6, 6.07) is 3.61. The number of imide groups is 1. The molecular weight excluding hydrogens is 428 g/mol. The lowest BCUT2D eigenvalue weighted by atomic mass is 10.2. The number of nitrogens with one attached hydrogen (secondary N) is 2. The molecule has 0 atom stereocenters. The zero-order chi connectivity index (χ0) is 16.3. The molecule has 2 N–H and O–H groups in total. The van der Waals surface area contributed by atoms with Crippen LogP contribution in [0.1, 0.15) is 10.4 Å². The molecule has 1 heterocycles. The zero-order valence-corrected chi connectivity index (χ0v) is 13.8. The van der Waals surface area contributed by atoms with Gasteiger partial charge in [0.2, 0.25) is 0 Å². The molecule has 2 rings (SSSR count). The first-order chi connectivity index (χ1) is 10.4. The van der Waals surface area contributed by atoms with E-state index < -0.39 is 29.1 Å². The van der Waals surface area contributed by atoms with Gasteiger partial charge in [0, 0.05) is 10.7 Å². The van der Waals surface area contributed by atoms with Gasteiger partial charge >= 0.3 is 6.03 Å². The summed E-state index contributed by atoms with van der Waals surface area (Å²) in [6.45, 7) is 0. The molecule has 2 aromatic rings. The van der Waals surface area contributed by atoms with Crippen molar-refractivity contribution in [3.05, 3.63) is 56.6 Å². The largest absolute Gasteiger partial charge is 0.327 e. The van der Waals surface area contributed by atoms with Crippen LogP contribution in [0.15, 0.2) is 39.4 Å². The minimum atomic E-state index is -1.19. The number of aromatic nitrogens is 1. The Kier molecular flexibility index (Phi) is 5.19. The maximum atomic E-state index is 13.4. The number of urea groups is 1. The maximum Gasteiger partial charge on any atom is 0.327 e. The summed E-state index contributed by atoms with van der Waals surface area (Å²) >= 11 is 6.36. The number of amides is 3. The summed E-state index contributed by atoms with van der Waals surface area (Å²) < 4.78 is 28.0. The summed E-state index contributed by atoms with van der Waals surface area (Å²) in [5.41, 5.74) is -0.833. The molecule has 114 valence electrons. The molecule has 1 aromatic heterocycles. The van der Waals surface area contributed by atoms with Crippen LogP contribution in [-0.4, -0.2) is 16.9 Å². The predicted octanol–water partition coefficient (Wildman–Crippen LogP) is 3.85. The van der Waals surface area contributed by atoms with Crippen LogP contribution in [0.25, 0.3) is 0 Å². The monoisotopic (exact) mass is 433 g/mol. The number of hydrogen-bond acceptors (Lipinski definition) is 3. The zero-order valence-electron chi connectivity index (χ0n) is 10.7. The molecule has 0 saturated carbocycles. The van der Waals surface area contributed by atoms with Gasteiger partial charge in [-0.25, -0.2) is 18.6 Å². The molecular formula is C13H7Br2F2N3O2. The summed E-state index contributed by atoms with van der Waals surface area (Å²) in [7, 11) is 0. The van der Waals surface area contributed by atoms with Crippen molar-refractivity contribution in [2.24, 2.45) is 0 Å². The Morgan fingerprint density at radius 2 is 1.77 bits per heavy atom. The van der Waals surface area contributed by atoms with Crippen molar-refractivity contribution in [1.82, 2.24) is 10.3 Å². The molecule has 0 fully saturated rings. The molecule has 0 aliphatic heterocycles. The van der Waals surface area contributed by atoms with Gasteiger partial charge in [0.05, 0.1) is 4.47 Å². The van der Waals surface area contributed by atoms with Crippen LogP contribution >= 0.6 is 31.9 Å². The summed E-state index contributed by atoms with van der Waals surface area (Å²) in [5, 5.41) is 4.11. The number of halogens is 4. The predicted molar refractivity (Wildman–Crippen MR) is 82.5 cm³/mol. The highest BCUT2D eigenvalue weighted by molar-refractivity contribution is 9.11. The van der Waals surface area contributed by atoms with Crippen LogP contribution in [0.3, 0.4) is 0 Å². The smallest absolute Gasteiger partial charge is 0.291 e. The van der Waals surface area contributed by atoms with Crippen molar-refractivity contribution in [3.63, 3.8) is 0 Å². The van der Waals surface area contributed by atoms with Crippen LogP contribution in [0.4, 0.5) is 19.4 Å². The molecule has 0 radical (unpaired) electrons. The number of carbonyl (C=O) groups excluding carboxylic acids is 2. The van der Waals surface area contributed by atoms with Crippen LogP contribution in [0.5, 0.6) is 0 Å². The number of benzene rings is 1. The van der Waals surface area contributed by atoms with E-state index in [1.165, 1.54) is 6.20 Å². The molecule has 1 aromatic carbocycles. The first-order valence-corrected chi connectivity index (χ1v) is 7.34. The lowest BCUT2D eigenvalue weighted by Gasteiger charge is -2.08. The second-order valence-electron chi connectivity index (χ2n) is 3.99. The van der Waals surface area contributed by atoms with Gasteiger partial charge in [-0.2, -0.15) is 0 Å². The Morgan fingerprint density at radius 1 is 1.14 bits per heavy atom. The molecule has 3 amide bonds. The Bertz CT molecular complexity index is 736. The van der Waals surface area contributed by atoms with Crippen LogP contribution in [-0.2, 0) is 0 Å². The van der Waals surface area contributed by atoms with Gasteiger partial charge in [-0.05, 0) is 50.1 Å². The van der Waals surface area contributed by atoms with Crippen molar-refractivity contribution in [2.75, 3.05) is 5.32 Å². The molecule has 0 aliphatic carbocycles. The quantitative estimate of drug-likeness (QED) is 0.754. The molecule has 0 aliphatic rings. The van der Waals surface area contributed by atoms with Crippen LogP contribution < -0.4 is 10.6 Å². The fraction of sp³-hybridized carbons (Fsp3) is 0. The first kappa shape index (κ1) is 16.5. The number of nitrogens with zero attached hydrogens (tertiary/aromatic N) is 1. The van der Waals surface area contributed by atoms with Gasteiger partial charge in [0.25, 0.3) is 5.91 Å². The molecule has 0 spiro atoms. The third kappa shape index (κ3) is 3.86. The van der Waals surface area contributed by atoms with Crippen molar-refractivity contribution >= 4 is 49.6 Å².